The van der Waals surface area contributed by atoms with Crippen LogP contribution in [0.1, 0.15) is 30.6 Å². The molecule has 0 N–H and O–H groups in total. The highest BCUT2D eigenvalue weighted by Crippen LogP contribution is 2.41. The van der Waals surface area contributed by atoms with Crippen LogP contribution < -0.4 is 23.7 Å². The molecule has 0 spiro atoms. The molecule has 0 fully saturated rings. The van der Waals surface area contributed by atoms with E-state index >= 15 is 0 Å². The lowest BCUT2D eigenvalue weighted by atomic mass is 9.99. The Morgan fingerprint density at radius 2 is 1.57 bits per heavy atom. The summed E-state index contributed by atoms with van der Waals surface area (Å²) >= 11 is 0. The maximum atomic E-state index is 5.69. The third-order valence-electron chi connectivity index (χ3n) is 4.53. The van der Waals surface area contributed by atoms with Crippen molar-refractivity contribution in [2.24, 2.45) is 5.16 Å². The fourth-order valence-corrected chi connectivity index (χ4v) is 3.14. The Morgan fingerprint density at radius 3 is 2.14 bits per heavy atom. The van der Waals surface area contributed by atoms with E-state index in [-0.39, 0.29) is 6.10 Å². The van der Waals surface area contributed by atoms with Gasteiger partial charge in [-0.3, -0.25) is 0 Å². The zero-order valence-electron chi connectivity index (χ0n) is 16.8. The number of rotatable bonds is 8. The molecule has 0 saturated carbocycles. The number of methoxy groups -OCH3 is 4. The highest BCUT2D eigenvalue weighted by atomic mass is 16.6. The van der Waals surface area contributed by atoms with Crippen molar-refractivity contribution in [3.63, 3.8) is 0 Å². The van der Waals surface area contributed by atoms with Gasteiger partial charge in [0.2, 0.25) is 5.75 Å². The third-order valence-corrected chi connectivity index (χ3v) is 4.53. The monoisotopic (exact) mass is 387 g/mol. The van der Waals surface area contributed by atoms with Gasteiger partial charge in [-0.15, -0.1) is 0 Å². The van der Waals surface area contributed by atoms with Crippen molar-refractivity contribution in [2.45, 2.75) is 19.4 Å². The van der Waals surface area contributed by atoms with Gasteiger partial charge in [0.15, 0.2) is 29.1 Å². The van der Waals surface area contributed by atoms with Crippen molar-refractivity contribution in [2.75, 3.05) is 35.0 Å². The van der Waals surface area contributed by atoms with Crippen LogP contribution in [0.2, 0.25) is 0 Å². The molecule has 2 aromatic carbocycles. The van der Waals surface area contributed by atoms with Crippen LogP contribution >= 0.6 is 0 Å². The van der Waals surface area contributed by atoms with E-state index < -0.39 is 0 Å². The number of hydrogen-bond acceptors (Lipinski definition) is 7. The lowest BCUT2D eigenvalue weighted by Gasteiger charge is -2.14. The molecule has 7 heteroatoms. The van der Waals surface area contributed by atoms with E-state index in [4.69, 9.17) is 28.5 Å². The van der Waals surface area contributed by atoms with Gasteiger partial charge in [-0.25, -0.2) is 0 Å². The summed E-state index contributed by atoms with van der Waals surface area (Å²) in [4.78, 5) is 5.69. The smallest absolute Gasteiger partial charge is 0.203 e. The molecule has 3 rings (SSSR count). The summed E-state index contributed by atoms with van der Waals surface area (Å²) in [6.45, 7) is 2.49. The van der Waals surface area contributed by atoms with E-state index in [0.717, 1.165) is 16.8 Å². The number of benzene rings is 2. The van der Waals surface area contributed by atoms with E-state index in [2.05, 4.69) is 5.16 Å². The van der Waals surface area contributed by atoms with Crippen LogP contribution in [0.15, 0.2) is 35.5 Å². The van der Waals surface area contributed by atoms with Crippen LogP contribution in [0, 0.1) is 0 Å². The zero-order valence-corrected chi connectivity index (χ0v) is 16.8. The molecule has 150 valence electrons. The molecular formula is C21H25NO6. The third kappa shape index (κ3) is 3.78. The fraction of sp³-hybridized carbons (Fsp3) is 0.381. The summed E-state index contributed by atoms with van der Waals surface area (Å²) in [5.74, 6) is 3.07. The molecule has 1 aliphatic rings. The molecule has 7 nitrogen and oxygen atoms in total. The van der Waals surface area contributed by atoms with Crippen molar-refractivity contribution in [1.82, 2.24) is 0 Å². The number of ether oxygens (including phenoxy) is 5. The summed E-state index contributed by atoms with van der Waals surface area (Å²) in [6.07, 6.45) is 0.399. The van der Waals surface area contributed by atoms with Gasteiger partial charge < -0.3 is 28.5 Å². The van der Waals surface area contributed by atoms with E-state index in [1.54, 1.807) is 28.4 Å². The van der Waals surface area contributed by atoms with Gasteiger partial charge in [-0.1, -0.05) is 11.2 Å². The van der Waals surface area contributed by atoms with Crippen molar-refractivity contribution in [3.8, 4) is 28.7 Å². The molecule has 28 heavy (non-hydrogen) atoms. The number of oxime groups is 1. The molecule has 1 atom stereocenters. The van der Waals surface area contributed by atoms with E-state index in [9.17, 15) is 0 Å². The van der Waals surface area contributed by atoms with Gasteiger partial charge in [0.05, 0.1) is 40.8 Å². The van der Waals surface area contributed by atoms with Crippen molar-refractivity contribution >= 4 is 5.71 Å². The first kappa shape index (κ1) is 19.7. The highest BCUT2D eigenvalue weighted by molar-refractivity contribution is 6.02. The summed E-state index contributed by atoms with van der Waals surface area (Å²) in [7, 11) is 6.37. The molecule has 0 bridgehead atoms. The van der Waals surface area contributed by atoms with Crippen LogP contribution in [0.4, 0.5) is 0 Å². The Hall–Kier alpha value is -3.09. The topological polar surface area (TPSA) is 67.7 Å². The summed E-state index contributed by atoms with van der Waals surface area (Å²) in [5, 5.41) is 4.28. The number of nitrogens with zero attached hydrogens (tertiary/aromatic N) is 1. The maximum Gasteiger partial charge on any atom is 0.203 e. The Morgan fingerprint density at radius 1 is 0.893 bits per heavy atom. The second-order valence-electron chi connectivity index (χ2n) is 6.09. The first-order chi connectivity index (χ1) is 13.6. The van der Waals surface area contributed by atoms with Crippen molar-refractivity contribution in [1.29, 1.82) is 0 Å². The molecule has 1 aliphatic heterocycles. The first-order valence-corrected chi connectivity index (χ1v) is 8.98. The van der Waals surface area contributed by atoms with E-state index in [0.29, 0.717) is 41.8 Å². The lowest BCUT2D eigenvalue weighted by Crippen LogP contribution is -2.04. The molecule has 0 saturated heterocycles. The lowest BCUT2D eigenvalue weighted by molar-refractivity contribution is 0.0854. The Labute approximate surface area is 164 Å². The largest absolute Gasteiger partial charge is 0.493 e. The second kappa shape index (κ2) is 8.73. The summed E-state index contributed by atoms with van der Waals surface area (Å²) in [6, 6.07) is 9.50. The van der Waals surface area contributed by atoms with Gasteiger partial charge in [0, 0.05) is 12.0 Å². The molecule has 0 aromatic heterocycles. The van der Waals surface area contributed by atoms with Gasteiger partial charge in [-0.05, 0) is 36.8 Å². The summed E-state index contributed by atoms with van der Waals surface area (Å²) < 4.78 is 27.2. The number of hydrogen-bond donors (Lipinski definition) is 0. The average Bonchev–Trinajstić information content (AvgIpc) is 3.23. The van der Waals surface area contributed by atoms with Crippen LogP contribution in [-0.4, -0.2) is 40.8 Å². The molecular weight excluding hydrogens is 362 g/mol. The van der Waals surface area contributed by atoms with Crippen molar-refractivity contribution < 1.29 is 28.5 Å². The minimum atomic E-state index is -0.209. The minimum absolute atomic E-state index is 0.209. The minimum Gasteiger partial charge on any atom is -0.493 e. The molecule has 0 radical (unpaired) electrons. The van der Waals surface area contributed by atoms with Crippen LogP contribution in [-0.2, 0) is 4.84 Å². The molecule has 1 unspecified atom stereocenters. The second-order valence-corrected chi connectivity index (χ2v) is 6.09. The quantitative estimate of drug-likeness (QED) is 0.682. The van der Waals surface area contributed by atoms with Crippen molar-refractivity contribution in [3.05, 3.63) is 41.5 Å². The normalized spacial score (nSPS) is 15.5. The Kier molecular flexibility index (Phi) is 6.13. The Balaban J connectivity index is 1.85. The van der Waals surface area contributed by atoms with Gasteiger partial charge in [0.1, 0.15) is 0 Å². The predicted octanol–water partition coefficient (Wildman–Crippen LogP) is 3.99. The van der Waals surface area contributed by atoms with Crippen LogP contribution in [0.25, 0.3) is 0 Å². The fourth-order valence-electron chi connectivity index (χ4n) is 3.14. The Bertz CT molecular complexity index is 839. The molecule has 1 heterocycles. The van der Waals surface area contributed by atoms with Gasteiger partial charge in [0.25, 0.3) is 0 Å². The van der Waals surface area contributed by atoms with E-state index in [1.165, 1.54) is 0 Å². The summed E-state index contributed by atoms with van der Waals surface area (Å²) in [5.41, 5.74) is 2.63. The van der Waals surface area contributed by atoms with Crippen LogP contribution in [0.5, 0.6) is 28.7 Å². The van der Waals surface area contributed by atoms with E-state index in [1.807, 2.05) is 37.3 Å². The molecule has 0 aliphatic carbocycles. The molecule has 2 aromatic rings. The zero-order chi connectivity index (χ0) is 20.1. The first-order valence-electron chi connectivity index (χ1n) is 8.98. The van der Waals surface area contributed by atoms with Crippen LogP contribution in [0.3, 0.4) is 0 Å². The SMILES string of the molecule is CCOc1cc(C2CC(c3cc(OC)c(OC)c(OC)c3)=NO2)ccc1OC. The highest BCUT2D eigenvalue weighted by Gasteiger charge is 2.27. The predicted molar refractivity (Wildman–Crippen MR) is 105 cm³/mol. The van der Waals surface area contributed by atoms with Gasteiger partial charge >= 0.3 is 0 Å². The maximum absolute atomic E-state index is 5.69. The average molecular weight is 387 g/mol. The molecule has 0 amide bonds. The van der Waals surface area contributed by atoms with Gasteiger partial charge in [-0.2, -0.15) is 0 Å². The standard InChI is InChI=1S/C21H25NO6/c1-6-27-18-9-13(7-8-16(18)23-2)17-12-15(22-28-17)14-10-19(24-3)21(26-5)20(11-14)25-4/h7-11,17H,6,12H2,1-5H3.